The van der Waals surface area contributed by atoms with Gasteiger partial charge in [-0.1, -0.05) is 18.2 Å². The number of nitrogens with one attached hydrogen (secondary N) is 1. The number of benzene rings is 1. The van der Waals surface area contributed by atoms with E-state index in [4.69, 9.17) is 4.74 Å². The van der Waals surface area contributed by atoms with E-state index in [2.05, 4.69) is 55.2 Å². The van der Waals surface area contributed by atoms with Crippen LogP contribution < -0.4 is 5.32 Å². The molecule has 23 heavy (non-hydrogen) atoms. The summed E-state index contributed by atoms with van der Waals surface area (Å²) < 4.78 is 7.83. The molecule has 1 aliphatic rings. The molecule has 0 aliphatic carbocycles. The molecule has 0 spiro atoms. The fraction of sp³-hybridized carbons (Fsp3) is 0.526. The second-order valence-electron chi connectivity index (χ2n) is 7.15. The molecule has 0 bridgehead atoms. The third kappa shape index (κ3) is 3.75. The van der Waals surface area contributed by atoms with E-state index in [1.807, 2.05) is 6.07 Å². The summed E-state index contributed by atoms with van der Waals surface area (Å²) in [5.41, 5.74) is 2.32. The summed E-state index contributed by atoms with van der Waals surface area (Å²) in [5, 5.41) is 4.42. The van der Waals surface area contributed by atoms with Gasteiger partial charge < -0.3 is 14.6 Å². The molecule has 124 valence electrons. The number of aromatic nitrogens is 1. The molecule has 3 rings (SSSR count). The van der Waals surface area contributed by atoms with Gasteiger partial charge >= 0.3 is 0 Å². The van der Waals surface area contributed by atoms with Crippen molar-refractivity contribution in [3.05, 3.63) is 36.0 Å². The van der Waals surface area contributed by atoms with Crippen LogP contribution >= 0.6 is 0 Å². The van der Waals surface area contributed by atoms with Crippen molar-refractivity contribution in [3.63, 3.8) is 0 Å². The molecule has 0 radical (unpaired) electrons. The van der Waals surface area contributed by atoms with Crippen LogP contribution in [0.4, 0.5) is 0 Å². The molecule has 1 amide bonds. The molecule has 1 fully saturated rings. The van der Waals surface area contributed by atoms with Gasteiger partial charge in [-0.25, -0.2) is 0 Å². The van der Waals surface area contributed by atoms with E-state index in [9.17, 15) is 4.79 Å². The summed E-state index contributed by atoms with van der Waals surface area (Å²) in [5.74, 6) is 0.139. The lowest BCUT2D eigenvalue weighted by Crippen LogP contribution is -2.45. The Balaban J connectivity index is 1.58. The average Bonchev–Trinajstić information content (AvgIpc) is 2.81. The number of amides is 1. The molecule has 0 saturated carbocycles. The first-order valence-corrected chi connectivity index (χ1v) is 8.41. The zero-order valence-corrected chi connectivity index (χ0v) is 14.3. The highest BCUT2D eigenvalue weighted by atomic mass is 16.5. The normalized spacial score (nSPS) is 20.6. The summed E-state index contributed by atoms with van der Waals surface area (Å²) in [4.78, 5) is 12.3. The van der Waals surface area contributed by atoms with Gasteiger partial charge in [-0.3, -0.25) is 4.79 Å². The zero-order valence-electron chi connectivity index (χ0n) is 14.3. The van der Waals surface area contributed by atoms with Crippen molar-refractivity contribution in [2.75, 3.05) is 6.61 Å². The number of carbonyl (C=O) groups is 1. The van der Waals surface area contributed by atoms with Crippen molar-refractivity contribution in [2.45, 2.75) is 51.2 Å². The molecule has 4 nitrogen and oxygen atoms in total. The Morgan fingerprint density at radius 3 is 2.96 bits per heavy atom. The summed E-state index contributed by atoms with van der Waals surface area (Å²) in [7, 11) is 2.05. The molecule has 1 saturated heterocycles. The summed E-state index contributed by atoms with van der Waals surface area (Å²) in [6.07, 6.45) is 5.23. The Hall–Kier alpha value is -1.81. The Morgan fingerprint density at radius 2 is 2.17 bits per heavy atom. The van der Waals surface area contributed by atoms with E-state index in [0.29, 0.717) is 6.42 Å². The van der Waals surface area contributed by atoms with E-state index in [-0.39, 0.29) is 17.6 Å². The second kappa shape index (κ2) is 6.36. The Kier molecular flexibility index (Phi) is 4.44. The molecular weight excluding hydrogens is 288 g/mol. The standard InChI is InChI=1S/C19H26N2O2/c1-19(2)12-15(10-11-23-19)20-18(22)9-8-14-13-21(3)17-7-5-4-6-16(14)17/h4-7,13,15H,8-12H2,1-3H3,(H,20,22)/t15-/m1/s1. The lowest BCUT2D eigenvalue weighted by Gasteiger charge is -2.35. The van der Waals surface area contributed by atoms with Crippen LogP contribution in [0.3, 0.4) is 0 Å². The van der Waals surface area contributed by atoms with Gasteiger partial charge in [0.1, 0.15) is 0 Å². The number of fused-ring (bicyclic) bond motifs is 1. The number of para-hydroxylation sites is 1. The molecule has 2 aromatic rings. The highest BCUT2D eigenvalue weighted by molar-refractivity contribution is 5.85. The quantitative estimate of drug-likeness (QED) is 0.942. The van der Waals surface area contributed by atoms with Crippen LogP contribution in [-0.4, -0.2) is 28.7 Å². The highest BCUT2D eigenvalue weighted by Crippen LogP contribution is 2.24. The minimum absolute atomic E-state index is 0.133. The number of ether oxygens (including phenoxy) is 1. The molecule has 4 heteroatoms. The summed E-state index contributed by atoms with van der Waals surface area (Å²) in [6.45, 7) is 4.89. The minimum Gasteiger partial charge on any atom is -0.375 e. The van der Waals surface area contributed by atoms with Crippen molar-refractivity contribution in [3.8, 4) is 0 Å². The van der Waals surface area contributed by atoms with Gasteiger partial charge in [0, 0.05) is 43.2 Å². The third-order valence-electron chi connectivity index (χ3n) is 4.66. The maximum atomic E-state index is 12.3. The van der Waals surface area contributed by atoms with E-state index in [1.165, 1.54) is 16.5 Å². The van der Waals surface area contributed by atoms with Crippen LogP contribution in [0.5, 0.6) is 0 Å². The second-order valence-corrected chi connectivity index (χ2v) is 7.15. The van der Waals surface area contributed by atoms with Crippen molar-refractivity contribution >= 4 is 16.8 Å². The molecule has 1 aromatic heterocycles. The van der Waals surface area contributed by atoms with Crippen molar-refractivity contribution in [2.24, 2.45) is 7.05 Å². The van der Waals surface area contributed by atoms with E-state index in [1.54, 1.807) is 0 Å². The summed E-state index contributed by atoms with van der Waals surface area (Å²) >= 11 is 0. The van der Waals surface area contributed by atoms with Gasteiger partial charge in [-0.15, -0.1) is 0 Å². The largest absolute Gasteiger partial charge is 0.375 e. The predicted molar refractivity (Wildman–Crippen MR) is 92.4 cm³/mol. The van der Waals surface area contributed by atoms with Gasteiger partial charge in [-0.05, 0) is 44.7 Å². The van der Waals surface area contributed by atoms with Crippen LogP contribution in [0.25, 0.3) is 10.9 Å². The number of aryl methyl sites for hydroxylation is 2. The number of hydrogen-bond acceptors (Lipinski definition) is 2. The van der Waals surface area contributed by atoms with Crippen molar-refractivity contribution in [1.29, 1.82) is 0 Å². The fourth-order valence-electron chi connectivity index (χ4n) is 3.53. The maximum Gasteiger partial charge on any atom is 0.220 e. The summed E-state index contributed by atoms with van der Waals surface area (Å²) in [6, 6.07) is 8.58. The fourth-order valence-corrected chi connectivity index (χ4v) is 3.53. The molecule has 2 heterocycles. The predicted octanol–water partition coefficient (Wildman–Crippen LogP) is 3.18. The lowest BCUT2D eigenvalue weighted by molar-refractivity contribution is -0.124. The first-order chi connectivity index (χ1) is 10.9. The highest BCUT2D eigenvalue weighted by Gasteiger charge is 2.29. The van der Waals surface area contributed by atoms with Crippen LogP contribution in [0, 0.1) is 0 Å². The van der Waals surface area contributed by atoms with Crippen LogP contribution in [0.1, 0.15) is 38.7 Å². The van der Waals surface area contributed by atoms with Gasteiger partial charge in [-0.2, -0.15) is 0 Å². The minimum atomic E-state index is -0.133. The molecular formula is C19H26N2O2. The number of hydrogen-bond donors (Lipinski definition) is 1. The topological polar surface area (TPSA) is 43.3 Å². The van der Waals surface area contributed by atoms with Gasteiger partial charge in [0.25, 0.3) is 0 Å². The van der Waals surface area contributed by atoms with Gasteiger partial charge in [0.2, 0.25) is 5.91 Å². The number of rotatable bonds is 4. The maximum absolute atomic E-state index is 12.3. The smallest absolute Gasteiger partial charge is 0.220 e. The number of carbonyl (C=O) groups excluding carboxylic acids is 1. The monoisotopic (exact) mass is 314 g/mol. The average molecular weight is 314 g/mol. The Bertz CT molecular complexity index is 702. The molecule has 1 atom stereocenters. The lowest BCUT2D eigenvalue weighted by atomic mass is 9.94. The van der Waals surface area contributed by atoms with Crippen LogP contribution in [0.2, 0.25) is 0 Å². The number of nitrogens with zero attached hydrogens (tertiary/aromatic N) is 1. The van der Waals surface area contributed by atoms with Crippen molar-refractivity contribution < 1.29 is 9.53 Å². The zero-order chi connectivity index (χ0) is 16.4. The van der Waals surface area contributed by atoms with E-state index < -0.39 is 0 Å². The Labute approximate surface area is 137 Å². The SMILES string of the molecule is Cn1cc(CCC(=O)N[C@@H]2CCOC(C)(C)C2)c2ccccc21. The first kappa shape index (κ1) is 16.1. The van der Waals surface area contributed by atoms with Gasteiger partial charge in [0.15, 0.2) is 0 Å². The molecule has 1 aromatic carbocycles. The van der Waals surface area contributed by atoms with Gasteiger partial charge in [0.05, 0.1) is 5.60 Å². The van der Waals surface area contributed by atoms with E-state index >= 15 is 0 Å². The molecule has 1 aliphatic heterocycles. The third-order valence-corrected chi connectivity index (χ3v) is 4.66. The van der Waals surface area contributed by atoms with E-state index in [0.717, 1.165) is 25.9 Å². The molecule has 1 N–H and O–H groups in total. The van der Waals surface area contributed by atoms with Crippen LogP contribution in [0.15, 0.2) is 30.5 Å². The Morgan fingerprint density at radius 1 is 1.39 bits per heavy atom. The molecule has 0 unspecified atom stereocenters. The first-order valence-electron chi connectivity index (χ1n) is 8.41. The van der Waals surface area contributed by atoms with Crippen LogP contribution in [-0.2, 0) is 23.0 Å². The van der Waals surface area contributed by atoms with Crippen molar-refractivity contribution in [1.82, 2.24) is 9.88 Å².